The quantitative estimate of drug-likeness (QED) is 0.431. The third kappa shape index (κ3) is 4.44. The molecule has 0 atom stereocenters. The summed E-state index contributed by atoms with van der Waals surface area (Å²) in [4.78, 5) is 0. The van der Waals surface area contributed by atoms with Gasteiger partial charge in [0.2, 0.25) is 0 Å². The van der Waals surface area contributed by atoms with Crippen LogP contribution in [0.4, 0.5) is 22.0 Å². The number of halogens is 5. The molecule has 1 N–H and O–H groups in total. The van der Waals surface area contributed by atoms with Gasteiger partial charge in [0, 0.05) is 17.5 Å². The Labute approximate surface area is 147 Å². The highest BCUT2D eigenvalue weighted by atomic mass is 19.3. The van der Waals surface area contributed by atoms with E-state index in [1.165, 1.54) is 0 Å². The van der Waals surface area contributed by atoms with Gasteiger partial charge in [-0.05, 0) is 6.42 Å². The highest BCUT2D eigenvalue weighted by Crippen LogP contribution is 2.41. The molecule has 1 saturated heterocycles. The Kier molecular flexibility index (Phi) is 6.14. The molecule has 2 rings (SSSR count). The van der Waals surface area contributed by atoms with Crippen LogP contribution in [0.2, 0.25) is 0 Å². The average Bonchev–Trinajstić information content (AvgIpc) is 2.55. The van der Waals surface area contributed by atoms with Crippen molar-refractivity contribution in [2.24, 2.45) is 5.41 Å². The predicted octanol–water partition coefficient (Wildman–Crippen LogP) is 4.36. The monoisotopic (exact) mass is 384 g/mol. The molecule has 0 bridgehead atoms. The fraction of sp³-hybridized carbons (Fsp3) is 0.647. The van der Waals surface area contributed by atoms with Crippen molar-refractivity contribution in [1.29, 1.82) is 0 Å². The van der Waals surface area contributed by atoms with Crippen molar-refractivity contribution in [3.63, 3.8) is 0 Å². The number of hydrogen-bond donors (Lipinski definition) is 1. The minimum absolute atomic E-state index is 0.224. The van der Waals surface area contributed by atoms with Gasteiger partial charge in [-0.25, -0.2) is 13.2 Å². The summed E-state index contributed by atoms with van der Waals surface area (Å²) in [5.41, 5.74) is -0.564. The lowest BCUT2D eigenvalue weighted by atomic mass is 9.85. The van der Waals surface area contributed by atoms with Crippen LogP contribution in [-0.4, -0.2) is 30.4 Å². The molecule has 0 amide bonds. The number of unbranched alkanes of at least 4 members (excludes halogenated alkanes) is 2. The van der Waals surface area contributed by atoms with Gasteiger partial charge in [-0.3, -0.25) is 0 Å². The molecule has 1 aromatic rings. The van der Waals surface area contributed by atoms with Gasteiger partial charge in [0.1, 0.15) is 5.75 Å². The second kappa shape index (κ2) is 7.66. The van der Waals surface area contributed by atoms with Crippen molar-refractivity contribution < 1.29 is 41.3 Å². The molecule has 0 spiro atoms. The summed E-state index contributed by atoms with van der Waals surface area (Å²) in [6.07, 6.45) is -1.05. The molecule has 0 aromatic heterocycles. The standard InChI is InChI=1S/C17H21F5O4/c1-3-4-5-6-15(2)9-24-17(23,25-10-15)16(21,22)26-11-7-12(18)14(20)13(19)8-11/h7-8,23H,3-6,9-10H2,1-2H3. The van der Waals surface area contributed by atoms with Gasteiger partial charge in [-0.2, -0.15) is 8.78 Å². The summed E-state index contributed by atoms with van der Waals surface area (Å²) < 4.78 is 81.5. The Morgan fingerprint density at radius 1 is 1.12 bits per heavy atom. The van der Waals surface area contributed by atoms with E-state index in [-0.39, 0.29) is 25.3 Å². The van der Waals surface area contributed by atoms with Crippen molar-refractivity contribution in [2.75, 3.05) is 13.2 Å². The van der Waals surface area contributed by atoms with Crippen LogP contribution in [0.1, 0.15) is 39.5 Å². The largest absolute Gasteiger partial charge is 0.484 e. The van der Waals surface area contributed by atoms with Crippen LogP contribution in [0.25, 0.3) is 0 Å². The molecule has 9 heteroatoms. The number of ether oxygens (including phenoxy) is 3. The van der Waals surface area contributed by atoms with E-state index in [1.54, 1.807) is 6.92 Å². The van der Waals surface area contributed by atoms with E-state index in [9.17, 15) is 27.1 Å². The van der Waals surface area contributed by atoms with Gasteiger partial charge in [0.15, 0.2) is 17.5 Å². The van der Waals surface area contributed by atoms with Gasteiger partial charge >= 0.3 is 12.1 Å². The van der Waals surface area contributed by atoms with E-state index in [2.05, 4.69) is 4.74 Å². The SMILES string of the molecule is CCCCCC1(C)COC(O)(C(F)(F)Oc2cc(F)c(F)c(F)c2)OC1. The molecule has 26 heavy (non-hydrogen) atoms. The molecule has 1 aliphatic heterocycles. The molecule has 0 unspecified atom stereocenters. The fourth-order valence-corrected chi connectivity index (χ4v) is 2.55. The maximum atomic E-state index is 14.2. The first-order valence-corrected chi connectivity index (χ1v) is 8.23. The van der Waals surface area contributed by atoms with Crippen LogP contribution < -0.4 is 4.74 Å². The van der Waals surface area contributed by atoms with Crippen molar-refractivity contribution in [2.45, 2.75) is 51.6 Å². The summed E-state index contributed by atoms with van der Waals surface area (Å²) >= 11 is 0. The summed E-state index contributed by atoms with van der Waals surface area (Å²) in [5.74, 6) is -9.71. The first-order valence-electron chi connectivity index (χ1n) is 8.23. The van der Waals surface area contributed by atoms with Crippen molar-refractivity contribution in [3.05, 3.63) is 29.6 Å². The molecule has 0 saturated carbocycles. The molecule has 4 nitrogen and oxygen atoms in total. The van der Waals surface area contributed by atoms with Crippen LogP contribution in [0.5, 0.6) is 5.75 Å². The molecule has 1 fully saturated rings. The fourth-order valence-electron chi connectivity index (χ4n) is 2.55. The zero-order valence-corrected chi connectivity index (χ0v) is 14.5. The number of benzene rings is 1. The van der Waals surface area contributed by atoms with Crippen LogP contribution in [-0.2, 0) is 9.47 Å². The first kappa shape index (κ1) is 20.9. The van der Waals surface area contributed by atoms with E-state index in [0.29, 0.717) is 6.42 Å². The number of hydrogen-bond acceptors (Lipinski definition) is 4. The summed E-state index contributed by atoms with van der Waals surface area (Å²) in [6, 6.07) is 0.459. The third-order valence-electron chi connectivity index (χ3n) is 4.19. The first-order chi connectivity index (χ1) is 12.0. The van der Waals surface area contributed by atoms with E-state index in [1.807, 2.05) is 6.92 Å². The van der Waals surface area contributed by atoms with E-state index in [4.69, 9.17) is 9.47 Å². The zero-order chi connectivity index (χ0) is 19.6. The molecule has 148 valence electrons. The Balaban J connectivity index is 2.07. The topological polar surface area (TPSA) is 47.9 Å². The van der Waals surface area contributed by atoms with Gasteiger partial charge in [0.05, 0.1) is 13.2 Å². The van der Waals surface area contributed by atoms with Crippen molar-refractivity contribution in [1.82, 2.24) is 0 Å². The maximum absolute atomic E-state index is 14.2. The van der Waals surface area contributed by atoms with Crippen LogP contribution in [0, 0.1) is 22.9 Å². The second-order valence-electron chi connectivity index (χ2n) is 6.75. The zero-order valence-electron chi connectivity index (χ0n) is 14.5. The molecular weight excluding hydrogens is 363 g/mol. The minimum atomic E-state index is -4.49. The summed E-state index contributed by atoms with van der Waals surface area (Å²) in [6.45, 7) is 3.34. The van der Waals surface area contributed by atoms with Crippen LogP contribution in [0.3, 0.4) is 0 Å². The molecule has 0 radical (unpaired) electrons. The summed E-state index contributed by atoms with van der Waals surface area (Å²) in [7, 11) is 0. The van der Waals surface area contributed by atoms with Crippen LogP contribution >= 0.6 is 0 Å². The average molecular weight is 384 g/mol. The second-order valence-corrected chi connectivity index (χ2v) is 6.75. The maximum Gasteiger partial charge on any atom is 0.484 e. The van der Waals surface area contributed by atoms with E-state index >= 15 is 0 Å². The minimum Gasteiger partial charge on any atom is -0.426 e. The Bertz CT molecular complexity index is 607. The van der Waals surface area contributed by atoms with E-state index < -0.39 is 40.7 Å². The van der Waals surface area contributed by atoms with Crippen LogP contribution in [0.15, 0.2) is 12.1 Å². The Morgan fingerprint density at radius 2 is 1.65 bits per heavy atom. The Morgan fingerprint density at radius 3 is 2.15 bits per heavy atom. The molecule has 1 aromatic carbocycles. The van der Waals surface area contributed by atoms with Gasteiger partial charge in [-0.15, -0.1) is 0 Å². The van der Waals surface area contributed by atoms with E-state index in [0.717, 1.165) is 19.3 Å². The number of aliphatic hydroxyl groups is 1. The molecular formula is C17H21F5O4. The third-order valence-corrected chi connectivity index (χ3v) is 4.19. The molecule has 1 heterocycles. The summed E-state index contributed by atoms with van der Waals surface area (Å²) in [5, 5.41) is 9.98. The predicted molar refractivity (Wildman–Crippen MR) is 81.0 cm³/mol. The highest BCUT2D eigenvalue weighted by Gasteiger charge is 2.62. The lowest BCUT2D eigenvalue weighted by molar-refractivity contribution is -0.504. The lowest BCUT2D eigenvalue weighted by Gasteiger charge is -2.43. The van der Waals surface area contributed by atoms with Crippen molar-refractivity contribution >= 4 is 0 Å². The number of rotatable bonds is 7. The molecule has 1 aliphatic rings. The van der Waals surface area contributed by atoms with Crippen molar-refractivity contribution in [3.8, 4) is 5.75 Å². The normalized spacial score (nSPS) is 26.8. The number of alkyl halides is 2. The smallest absolute Gasteiger partial charge is 0.426 e. The highest BCUT2D eigenvalue weighted by molar-refractivity contribution is 5.25. The Hall–Kier alpha value is -1.45. The molecule has 0 aliphatic carbocycles. The van der Waals surface area contributed by atoms with Gasteiger partial charge < -0.3 is 19.3 Å². The van der Waals surface area contributed by atoms with Gasteiger partial charge in [0.25, 0.3) is 0 Å². The lowest BCUT2D eigenvalue weighted by Crippen LogP contribution is -2.61. The van der Waals surface area contributed by atoms with Gasteiger partial charge in [-0.1, -0.05) is 33.1 Å².